The topological polar surface area (TPSA) is 98.1 Å². The second-order valence-corrected chi connectivity index (χ2v) is 6.91. The third-order valence-corrected chi connectivity index (χ3v) is 4.66. The van der Waals surface area contributed by atoms with Crippen LogP contribution in [0, 0.1) is 0 Å². The van der Waals surface area contributed by atoms with E-state index in [1.54, 1.807) is 20.2 Å². The van der Waals surface area contributed by atoms with Crippen LogP contribution in [0.2, 0.25) is 10.0 Å². The van der Waals surface area contributed by atoms with Crippen LogP contribution in [-0.2, 0) is 0 Å². The molecule has 0 heterocycles. The van der Waals surface area contributed by atoms with E-state index in [-0.39, 0.29) is 22.0 Å². The Labute approximate surface area is 169 Å². The zero-order valence-electron chi connectivity index (χ0n) is 13.8. The van der Waals surface area contributed by atoms with E-state index in [0.717, 1.165) is 0 Å². The van der Waals surface area contributed by atoms with Gasteiger partial charge in [0.25, 0.3) is 5.91 Å². The molecule has 0 saturated carbocycles. The number of benzene rings is 2. The van der Waals surface area contributed by atoms with Gasteiger partial charge in [-0.2, -0.15) is 0 Å². The summed E-state index contributed by atoms with van der Waals surface area (Å²) in [7, 11) is 1.64. The number of carbonyl (C=O) groups is 2. The van der Waals surface area contributed by atoms with E-state index in [1.165, 1.54) is 35.2 Å². The number of hydrogen-bond donors (Lipinski definition) is 3. The smallest absolute Gasteiger partial charge is 0.478 e. The summed E-state index contributed by atoms with van der Waals surface area (Å²) >= 11 is 14.6. The zero-order valence-corrected chi connectivity index (χ0v) is 16.9. The van der Waals surface area contributed by atoms with Crippen LogP contribution in [0.15, 0.2) is 40.9 Å². The Hall–Kier alpha value is -1.58. The highest BCUT2D eigenvalue weighted by atomic mass is 79.9. The van der Waals surface area contributed by atoms with Crippen molar-refractivity contribution < 1.29 is 24.7 Å². The predicted molar refractivity (Wildman–Crippen MR) is 105 cm³/mol. The first-order chi connectivity index (χ1) is 12.0. The monoisotopic (exact) mass is 461 g/mol. The van der Waals surface area contributed by atoms with Crippen molar-refractivity contribution in [3.8, 4) is 0 Å². The van der Waals surface area contributed by atoms with Crippen LogP contribution in [0.5, 0.6) is 0 Å². The minimum Gasteiger partial charge on any atom is -0.478 e. The molecule has 0 aromatic heterocycles. The lowest BCUT2D eigenvalue weighted by atomic mass is 9.80. The lowest BCUT2D eigenvalue weighted by Gasteiger charge is -2.11. The van der Waals surface area contributed by atoms with Gasteiger partial charge >= 0.3 is 13.1 Å². The second-order valence-electron chi connectivity index (χ2n) is 5.24. The number of carboxylic acids is 1. The van der Waals surface area contributed by atoms with E-state index in [2.05, 4.69) is 15.9 Å². The minimum atomic E-state index is -1.62. The van der Waals surface area contributed by atoms with Crippen LogP contribution in [0.25, 0.3) is 0 Å². The molecule has 3 N–H and O–H groups in total. The first-order valence-corrected chi connectivity index (χ1v) is 8.65. The number of carboxylic acid groups (broad SMARTS) is 1. The van der Waals surface area contributed by atoms with Crippen molar-refractivity contribution in [2.75, 3.05) is 14.1 Å². The van der Waals surface area contributed by atoms with Crippen molar-refractivity contribution in [3.05, 3.63) is 62.0 Å². The highest BCUT2D eigenvalue weighted by Crippen LogP contribution is 2.22. The van der Waals surface area contributed by atoms with Gasteiger partial charge in [0.1, 0.15) is 0 Å². The lowest BCUT2D eigenvalue weighted by Crippen LogP contribution is -2.31. The van der Waals surface area contributed by atoms with Gasteiger partial charge in [0.15, 0.2) is 0 Å². The summed E-state index contributed by atoms with van der Waals surface area (Å²) in [5.41, 5.74) is 0.791. The third-order valence-electron chi connectivity index (χ3n) is 3.10. The first kappa shape index (κ1) is 22.5. The van der Waals surface area contributed by atoms with E-state index in [0.29, 0.717) is 15.1 Å². The van der Waals surface area contributed by atoms with Crippen molar-refractivity contribution in [1.82, 2.24) is 4.90 Å². The Morgan fingerprint density at radius 2 is 1.54 bits per heavy atom. The highest BCUT2D eigenvalue weighted by molar-refractivity contribution is 9.10. The van der Waals surface area contributed by atoms with Gasteiger partial charge in [-0.3, -0.25) is 4.79 Å². The molecule has 6 nitrogen and oxygen atoms in total. The Balaban J connectivity index is 0.000000273. The number of nitrogens with zero attached hydrogens (tertiary/aromatic N) is 1. The predicted octanol–water partition coefficient (Wildman–Crippen LogP) is 2.52. The van der Waals surface area contributed by atoms with Crippen molar-refractivity contribution in [3.63, 3.8) is 0 Å². The van der Waals surface area contributed by atoms with Crippen LogP contribution < -0.4 is 5.46 Å². The molecule has 0 aliphatic carbocycles. The molecule has 10 heteroatoms. The van der Waals surface area contributed by atoms with Crippen molar-refractivity contribution in [1.29, 1.82) is 0 Å². The van der Waals surface area contributed by atoms with Crippen molar-refractivity contribution >= 4 is 63.6 Å². The van der Waals surface area contributed by atoms with Crippen LogP contribution in [-0.4, -0.2) is 53.1 Å². The summed E-state index contributed by atoms with van der Waals surface area (Å²) in [4.78, 5) is 23.3. The summed E-state index contributed by atoms with van der Waals surface area (Å²) in [6, 6.07) is 8.82. The van der Waals surface area contributed by atoms with Gasteiger partial charge in [0.05, 0.1) is 10.6 Å². The Kier molecular flexibility index (Phi) is 8.59. The molecule has 138 valence electrons. The van der Waals surface area contributed by atoms with Crippen LogP contribution in [0.4, 0.5) is 0 Å². The highest BCUT2D eigenvalue weighted by Gasteiger charge is 2.17. The quantitative estimate of drug-likeness (QED) is 0.609. The molecule has 26 heavy (non-hydrogen) atoms. The Morgan fingerprint density at radius 1 is 1.00 bits per heavy atom. The van der Waals surface area contributed by atoms with Crippen molar-refractivity contribution in [2.45, 2.75) is 0 Å². The molecule has 0 aliphatic rings. The van der Waals surface area contributed by atoms with Gasteiger partial charge in [-0.25, -0.2) is 4.79 Å². The van der Waals surface area contributed by atoms with Gasteiger partial charge < -0.3 is 20.1 Å². The molecule has 0 saturated heterocycles. The van der Waals surface area contributed by atoms with Crippen molar-refractivity contribution in [2.24, 2.45) is 0 Å². The van der Waals surface area contributed by atoms with Crippen LogP contribution in [0.3, 0.4) is 0 Å². The molecule has 2 aromatic carbocycles. The average Bonchev–Trinajstić information content (AvgIpc) is 2.56. The maximum Gasteiger partial charge on any atom is 0.489 e. The van der Waals surface area contributed by atoms with E-state index < -0.39 is 13.1 Å². The van der Waals surface area contributed by atoms with E-state index in [4.69, 9.17) is 38.4 Å². The molecule has 1 amide bonds. The lowest BCUT2D eigenvalue weighted by molar-refractivity contribution is 0.0696. The molecule has 0 unspecified atom stereocenters. The number of rotatable bonds is 3. The van der Waals surface area contributed by atoms with Crippen LogP contribution in [0.1, 0.15) is 20.7 Å². The summed E-state index contributed by atoms with van der Waals surface area (Å²) in [5.74, 6) is -1.16. The normalized spacial score (nSPS) is 9.81. The molecular formula is C16H15BBrCl2NO5. The molecule has 2 rings (SSSR count). The maximum atomic E-state index is 11.5. The second kappa shape index (κ2) is 9.94. The number of carbonyl (C=O) groups excluding carboxylic acids is 1. The Morgan fingerprint density at radius 3 is 1.96 bits per heavy atom. The molecule has 0 radical (unpaired) electrons. The van der Waals surface area contributed by atoms with Crippen LogP contribution >= 0.6 is 39.1 Å². The van der Waals surface area contributed by atoms with Gasteiger partial charge in [0.2, 0.25) is 0 Å². The summed E-state index contributed by atoms with van der Waals surface area (Å²) in [6.45, 7) is 0. The fourth-order valence-electron chi connectivity index (χ4n) is 1.76. The standard InChI is InChI=1S/C9H11BClNO3.C7H4BrClO2/c1-12(2)9(13)6-3-4-7(10(14)15)8(11)5-6;8-5-2-1-4(7(10)11)3-6(5)9/h3-5,14-15H,1-2H3;1-3H,(H,10,11). The molecular weight excluding hydrogens is 448 g/mol. The summed E-state index contributed by atoms with van der Waals surface area (Å²) in [6.07, 6.45) is 0. The number of halogens is 3. The number of hydrogen-bond acceptors (Lipinski definition) is 4. The van der Waals surface area contributed by atoms with Gasteiger partial charge in [0, 0.05) is 34.6 Å². The fraction of sp³-hybridized carbons (Fsp3) is 0.125. The maximum absolute atomic E-state index is 11.5. The fourth-order valence-corrected chi connectivity index (χ4v) is 2.46. The molecule has 2 aromatic rings. The SMILES string of the molecule is CN(C)C(=O)c1ccc(B(O)O)c(Cl)c1.O=C(O)c1ccc(Br)c(Cl)c1. The number of aromatic carboxylic acids is 1. The minimum absolute atomic E-state index is 0.165. The average molecular weight is 463 g/mol. The number of amides is 1. The van der Waals surface area contributed by atoms with Gasteiger partial charge in [-0.05, 0) is 46.3 Å². The zero-order chi connectivity index (χ0) is 20.0. The van der Waals surface area contributed by atoms with E-state index in [1.807, 2.05) is 0 Å². The Bertz CT molecular complexity index is 817. The summed E-state index contributed by atoms with van der Waals surface area (Å²) in [5, 5.41) is 26.9. The molecule has 0 aliphatic heterocycles. The third kappa shape index (κ3) is 6.30. The largest absolute Gasteiger partial charge is 0.489 e. The van der Waals surface area contributed by atoms with E-state index >= 15 is 0 Å². The summed E-state index contributed by atoms with van der Waals surface area (Å²) < 4.78 is 0.698. The van der Waals surface area contributed by atoms with Gasteiger partial charge in [-0.1, -0.05) is 29.3 Å². The molecule has 0 spiro atoms. The molecule has 0 atom stereocenters. The van der Waals surface area contributed by atoms with Gasteiger partial charge in [-0.15, -0.1) is 0 Å². The van der Waals surface area contributed by atoms with E-state index in [9.17, 15) is 9.59 Å². The molecule has 0 bridgehead atoms. The molecule has 0 fully saturated rings. The first-order valence-electron chi connectivity index (χ1n) is 7.10.